The molecule has 0 saturated heterocycles. The SMILES string of the molecule is CCc1c(CI)c(CC)c2c(c1CN)CC2NC(=O)Nc1ccc(C(=O)NC(CCC(=O)OC(C)(C)C)(CCC(=O)OC(C)(C)C)CCC(=O)OC(C)(C)C)cc1NC(C)=O. The molecule has 0 aliphatic heterocycles. The van der Waals surface area contributed by atoms with Crippen LogP contribution >= 0.6 is 22.6 Å². The zero-order chi connectivity index (χ0) is 46.1. The first-order chi connectivity index (χ1) is 28.2. The standard InChI is InChI=1S/C46H68IN5O9/c1-13-29-32(25-47)30(14-2)40-31(33(29)26-48)24-36(40)51-42(58)50-34-16-15-28(23-35(34)49-27(3)53)41(57)52-46(20-17-37(54)59-43(4,5)6,21-18-38(55)60-44(7,8)9)22-19-39(56)61-45(10,11)12/h15-16,23,36H,13-14,17-22,24-26,48H2,1-12H3,(H,49,53)(H,52,57)(H2,50,51,58). The number of alkyl halides is 1. The lowest BCUT2D eigenvalue weighted by Crippen LogP contribution is -2.50. The van der Waals surface area contributed by atoms with E-state index in [-0.39, 0.29) is 61.5 Å². The van der Waals surface area contributed by atoms with E-state index >= 15 is 0 Å². The Balaban J connectivity index is 1.97. The molecular formula is C46H68IN5O9. The number of esters is 3. The van der Waals surface area contributed by atoms with Crippen LogP contribution in [0, 0.1) is 0 Å². The molecule has 3 rings (SSSR count). The van der Waals surface area contributed by atoms with Crippen molar-refractivity contribution in [1.82, 2.24) is 10.6 Å². The van der Waals surface area contributed by atoms with Crippen molar-refractivity contribution in [2.75, 3.05) is 10.6 Å². The van der Waals surface area contributed by atoms with Gasteiger partial charge >= 0.3 is 23.9 Å². The third kappa shape index (κ3) is 15.3. The number of anilines is 2. The monoisotopic (exact) mass is 961 g/mol. The number of carbonyl (C=O) groups is 6. The molecule has 1 aliphatic carbocycles. The van der Waals surface area contributed by atoms with Gasteiger partial charge in [-0.25, -0.2) is 4.79 Å². The summed E-state index contributed by atoms with van der Waals surface area (Å²) in [6, 6.07) is 3.73. The fraction of sp³-hybridized carbons (Fsp3) is 0.609. The molecule has 0 aromatic heterocycles. The highest BCUT2D eigenvalue weighted by molar-refractivity contribution is 14.1. The van der Waals surface area contributed by atoms with E-state index in [1.54, 1.807) is 62.3 Å². The molecule has 0 heterocycles. The lowest BCUT2D eigenvalue weighted by molar-refractivity contribution is -0.155. The van der Waals surface area contributed by atoms with Crippen molar-refractivity contribution < 1.29 is 43.0 Å². The van der Waals surface area contributed by atoms with E-state index in [9.17, 15) is 28.8 Å². The topological polar surface area (TPSA) is 204 Å². The van der Waals surface area contributed by atoms with Gasteiger partial charge in [-0.2, -0.15) is 0 Å². The molecule has 2 aromatic rings. The van der Waals surface area contributed by atoms with E-state index in [1.165, 1.54) is 47.4 Å². The molecule has 0 fully saturated rings. The Morgan fingerprint density at radius 3 is 1.61 bits per heavy atom. The summed E-state index contributed by atoms with van der Waals surface area (Å²) in [6.45, 7) is 21.7. The van der Waals surface area contributed by atoms with Crippen molar-refractivity contribution in [2.45, 2.75) is 180 Å². The molecule has 0 spiro atoms. The van der Waals surface area contributed by atoms with Crippen LogP contribution in [0.4, 0.5) is 16.2 Å². The van der Waals surface area contributed by atoms with Crippen molar-refractivity contribution in [3.8, 4) is 0 Å². The first kappa shape index (κ1) is 51.1. The van der Waals surface area contributed by atoms with Gasteiger partial charge in [0, 0.05) is 48.3 Å². The molecule has 6 N–H and O–H groups in total. The number of urea groups is 1. The lowest BCUT2D eigenvalue weighted by Gasteiger charge is -2.38. The van der Waals surface area contributed by atoms with Crippen molar-refractivity contribution in [3.05, 3.63) is 57.1 Å². The van der Waals surface area contributed by atoms with Gasteiger partial charge in [0.1, 0.15) is 16.8 Å². The molecule has 61 heavy (non-hydrogen) atoms. The fourth-order valence-corrected chi connectivity index (χ4v) is 8.65. The highest BCUT2D eigenvalue weighted by Crippen LogP contribution is 2.43. The van der Waals surface area contributed by atoms with Crippen LogP contribution in [0.3, 0.4) is 0 Å². The quantitative estimate of drug-likeness (QED) is 0.0418. The molecule has 2 aromatic carbocycles. The maximum Gasteiger partial charge on any atom is 0.319 e. The van der Waals surface area contributed by atoms with Crippen LogP contribution < -0.4 is 27.0 Å². The summed E-state index contributed by atoms with van der Waals surface area (Å²) in [5.41, 5.74) is 10.5. The second-order valence-electron chi connectivity index (χ2n) is 18.6. The van der Waals surface area contributed by atoms with Crippen LogP contribution in [0.5, 0.6) is 0 Å². The summed E-state index contributed by atoms with van der Waals surface area (Å²) in [5.74, 6) is -2.60. The smallest absolute Gasteiger partial charge is 0.319 e. The number of nitrogens with one attached hydrogen (secondary N) is 4. The first-order valence-electron chi connectivity index (χ1n) is 21.2. The molecule has 338 valence electrons. The molecule has 1 unspecified atom stereocenters. The number of amides is 4. The summed E-state index contributed by atoms with van der Waals surface area (Å²) in [4.78, 5) is 79.5. The Morgan fingerprint density at radius 2 is 1.20 bits per heavy atom. The largest absolute Gasteiger partial charge is 0.460 e. The van der Waals surface area contributed by atoms with Gasteiger partial charge in [0.05, 0.1) is 17.4 Å². The molecule has 0 bridgehead atoms. The Hall–Kier alpha value is -4.25. The van der Waals surface area contributed by atoms with Crippen LogP contribution in [-0.4, -0.2) is 58.1 Å². The lowest BCUT2D eigenvalue weighted by atomic mass is 9.72. The Labute approximate surface area is 375 Å². The minimum Gasteiger partial charge on any atom is -0.460 e. The van der Waals surface area contributed by atoms with Crippen molar-refractivity contribution in [1.29, 1.82) is 0 Å². The number of halogens is 1. The number of fused-ring (bicyclic) bond motifs is 1. The van der Waals surface area contributed by atoms with E-state index in [4.69, 9.17) is 19.9 Å². The molecule has 1 aliphatic rings. The highest BCUT2D eigenvalue weighted by atomic mass is 127. The zero-order valence-electron chi connectivity index (χ0n) is 38.2. The van der Waals surface area contributed by atoms with Crippen LogP contribution in [0.2, 0.25) is 0 Å². The number of ether oxygens (including phenoxy) is 3. The normalized spacial score (nSPS) is 13.9. The predicted molar refractivity (Wildman–Crippen MR) is 246 cm³/mol. The van der Waals surface area contributed by atoms with Crippen molar-refractivity contribution in [2.24, 2.45) is 5.73 Å². The summed E-state index contributed by atoms with van der Waals surface area (Å²) in [6.07, 6.45) is 2.02. The van der Waals surface area contributed by atoms with E-state index in [0.29, 0.717) is 13.0 Å². The minimum atomic E-state index is -1.29. The maximum absolute atomic E-state index is 14.3. The number of rotatable bonds is 18. The number of carbonyl (C=O) groups excluding carboxylic acids is 6. The molecule has 4 amide bonds. The summed E-state index contributed by atoms with van der Waals surface area (Å²) in [7, 11) is 0. The van der Waals surface area contributed by atoms with Crippen molar-refractivity contribution in [3.63, 3.8) is 0 Å². The van der Waals surface area contributed by atoms with Gasteiger partial charge in [0.15, 0.2) is 0 Å². The molecular weight excluding hydrogens is 893 g/mol. The molecule has 15 heteroatoms. The van der Waals surface area contributed by atoms with Gasteiger partial charge in [0.2, 0.25) is 5.91 Å². The highest BCUT2D eigenvalue weighted by Gasteiger charge is 2.37. The van der Waals surface area contributed by atoms with Gasteiger partial charge in [-0.3, -0.25) is 24.0 Å². The van der Waals surface area contributed by atoms with Gasteiger partial charge in [-0.05, 0) is 152 Å². The second-order valence-corrected chi connectivity index (χ2v) is 19.4. The molecule has 0 saturated carbocycles. The molecule has 1 atom stereocenters. The Bertz CT molecular complexity index is 1880. The summed E-state index contributed by atoms with van der Waals surface area (Å²) in [5, 5.41) is 11.7. The predicted octanol–water partition coefficient (Wildman–Crippen LogP) is 8.42. The fourth-order valence-electron chi connectivity index (χ4n) is 7.73. The van der Waals surface area contributed by atoms with Crippen LogP contribution in [0.25, 0.3) is 0 Å². The average molecular weight is 962 g/mol. The van der Waals surface area contributed by atoms with E-state index in [1.807, 2.05) is 0 Å². The van der Waals surface area contributed by atoms with Gasteiger partial charge in [-0.1, -0.05) is 36.4 Å². The number of benzene rings is 2. The third-order valence-corrected chi connectivity index (χ3v) is 10.9. The van der Waals surface area contributed by atoms with Gasteiger partial charge < -0.3 is 41.2 Å². The van der Waals surface area contributed by atoms with Gasteiger partial charge in [0.25, 0.3) is 5.91 Å². The van der Waals surface area contributed by atoms with E-state index < -0.39 is 58.1 Å². The summed E-state index contributed by atoms with van der Waals surface area (Å²) >= 11 is 2.38. The number of nitrogens with two attached hydrogens (primary N) is 1. The van der Waals surface area contributed by atoms with E-state index in [0.717, 1.165) is 28.4 Å². The summed E-state index contributed by atoms with van der Waals surface area (Å²) < 4.78 is 17.6. The minimum absolute atomic E-state index is 0.0213. The average Bonchev–Trinajstić information content (AvgIpc) is 3.11. The number of hydrogen-bond acceptors (Lipinski definition) is 10. The Kier molecular flexibility index (Phi) is 17.8. The molecule has 0 radical (unpaired) electrons. The maximum atomic E-state index is 14.3. The van der Waals surface area contributed by atoms with Crippen LogP contribution in [0.1, 0.15) is 171 Å². The first-order valence-corrected chi connectivity index (χ1v) is 22.7. The van der Waals surface area contributed by atoms with Gasteiger partial charge in [-0.15, -0.1) is 0 Å². The van der Waals surface area contributed by atoms with Crippen LogP contribution in [-0.2, 0) is 63.6 Å². The second kappa shape index (κ2) is 21.2. The third-order valence-electron chi connectivity index (χ3n) is 10.1. The van der Waals surface area contributed by atoms with E-state index in [2.05, 4.69) is 57.7 Å². The zero-order valence-corrected chi connectivity index (χ0v) is 40.4. The molecule has 14 nitrogen and oxygen atoms in total. The number of hydrogen-bond donors (Lipinski definition) is 5. The van der Waals surface area contributed by atoms with Crippen molar-refractivity contribution >= 4 is 69.7 Å². The Morgan fingerprint density at radius 1 is 0.705 bits per heavy atom. The van der Waals surface area contributed by atoms with Crippen LogP contribution in [0.15, 0.2) is 18.2 Å².